The van der Waals surface area contributed by atoms with Gasteiger partial charge < -0.3 is 15.0 Å². The number of benzene rings is 3. The van der Waals surface area contributed by atoms with Crippen LogP contribution in [0.1, 0.15) is 44.2 Å². The van der Waals surface area contributed by atoms with Gasteiger partial charge in [-0.1, -0.05) is 79.4 Å². The van der Waals surface area contributed by atoms with Gasteiger partial charge in [0.25, 0.3) is 10.0 Å². The quantitative estimate of drug-likeness (QED) is 0.212. The van der Waals surface area contributed by atoms with Gasteiger partial charge in [-0.25, -0.2) is 8.42 Å². The molecule has 0 aromatic heterocycles. The first-order valence-corrected chi connectivity index (χ1v) is 16.0. The van der Waals surface area contributed by atoms with Crippen molar-refractivity contribution in [2.24, 2.45) is 0 Å². The molecule has 0 unspecified atom stereocenters. The van der Waals surface area contributed by atoms with Crippen molar-refractivity contribution >= 4 is 50.7 Å². The molecule has 0 aliphatic carbocycles. The number of halogens is 2. The fraction of sp³-hybridized carbons (Fsp3) is 0.355. The zero-order chi connectivity index (χ0) is 30.9. The van der Waals surface area contributed by atoms with Gasteiger partial charge in [-0.05, 0) is 56.2 Å². The van der Waals surface area contributed by atoms with Gasteiger partial charge in [0.15, 0.2) is 0 Å². The highest BCUT2D eigenvalue weighted by atomic mass is 35.5. The Kier molecular flexibility index (Phi) is 12.1. The average Bonchev–Trinajstić information content (AvgIpc) is 2.97. The van der Waals surface area contributed by atoms with Gasteiger partial charge in [-0.3, -0.25) is 13.9 Å². The minimum atomic E-state index is -4.24. The maximum absolute atomic E-state index is 14.2. The Balaban J connectivity index is 2.11. The van der Waals surface area contributed by atoms with Gasteiger partial charge >= 0.3 is 0 Å². The summed E-state index contributed by atoms with van der Waals surface area (Å²) in [6.07, 6.45) is 1.95. The van der Waals surface area contributed by atoms with E-state index in [4.69, 9.17) is 27.9 Å². The van der Waals surface area contributed by atoms with Gasteiger partial charge in [-0.15, -0.1) is 0 Å². The van der Waals surface area contributed by atoms with Crippen LogP contribution in [-0.2, 0) is 26.2 Å². The Morgan fingerprint density at radius 3 is 2.19 bits per heavy atom. The number of aryl methyl sites for hydroxylation is 1. The second-order valence-corrected chi connectivity index (χ2v) is 12.5. The monoisotopic (exact) mass is 633 g/mol. The number of methoxy groups -OCH3 is 1. The zero-order valence-electron chi connectivity index (χ0n) is 24.3. The zero-order valence-corrected chi connectivity index (χ0v) is 26.6. The van der Waals surface area contributed by atoms with Crippen LogP contribution < -0.4 is 14.4 Å². The van der Waals surface area contributed by atoms with Crippen LogP contribution in [0.3, 0.4) is 0 Å². The largest absolute Gasteiger partial charge is 0.495 e. The van der Waals surface area contributed by atoms with Crippen LogP contribution in [0.5, 0.6) is 5.75 Å². The number of hydrogen-bond acceptors (Lipinski definition) is 5. The summed E-state index contributed by atoms with van der Waals surface area (Å²) in [5.41, 5.74) is 1.53. The Morgan fingerprint density at radius 1 is 0.952 bits per heavy atom. The number of amides is 2. The lowest BCUT2D eigenvalue weighted by atomic mass is 10.1. The first-order chi connectivity index (χ1) is 20.0. The minimum absolute atomic E-state index is 0.0110. The molecule has 1 atom stereocenters. The van der Waals surface area contributed by atoms with E-state index in [2.05, 4.69) is 5.32 Å². The molecule has 0 bridgehead atoms. The van der Waals surface area contributed by atoms with Crippen LogP contribution in [0, 0.1) is 6.92 Å². The molecule has 42 heavy (non-hydrogen) atoms. The molecule has 3 rings (SSSR count). The van der Waals surface area contributed by atoms with E-state index in [0.29, 0.717) is 22.2 Å². The summed E-state index contributed by atoms with van der Waals surface area (Å²) in [5.74, 6) is -0.677. The molecule has 0 aliphatic rings. The number of carbonyl (C=O) groups excluding carboxylic acids is 2. The topological polar surface area (TPSA) is 96.0 Å². The Morgan fingerprint density at radius 2 is 1.60 bits per heavy atom. The molecule has 1 N–H and O–H groups in total. The van der Waals surface area contributed by atoms with E-state index in [1.165, 1.54) is 24.1 Å². The van der Waals surface area contributed by atoms with E-state index in [9.17, 15) is 18.0 Å². The van der Waals surface area contributed by atoms with Crippen LogP contribution in [0.4, 0.5) is 5.69 Å². The predicted octanol–water partition coefficient (Wildman–Crippen LogP) is 6.23. The highest BCUT2D eigenvalue weighted by molar-refractivity contribution is 7.92. The lowest BCUT2D eigenvalue weighted by molar-refractivity contribution is -0.140. The molecule has 0 heterocycles. The van der Waals surface area contributed by atoms with Gasteiger partial charge in [0.1, 0.15) is 18.3 Å². The molecule has 0 saturated carbocycles. The molecule has 0 spiro atoms. The number of para-hydroxylation sites is 2. The van der Waals surface area contributed by atoms with Crippen molar-refractivity contribution in [1.29, 1.82) is 0 Å². The number of anilines is 1. The average molecular weight is 635 g/mol. The molecule has 0 saturated heterocycles. The third-order valence-corrected chi connectivity index (χ3v) is 9.33. The minimum Gasteiger partial charge on any atom is -0.495 e. The summed E-state index contributed by atoms with van der Waals surface area (Å²) in [5, 5.41) is 3.56. The number of nitrogens with one attached hydrogen (secondary N) is 1. The summed E-state index contributed by atoms with van der Waals surface area (Å²) in [6, 6.07) is 17.0. The number of carbonyl (C=O) groups is 2. The number of hydrogen-bond donors (Lipinski definition) is 1. The molecule has 0 aliphatic heterocycles. The van der Waals surface area contributed by atoms with Crippen LogP contribution in [0.25, 0.3) is 0 Å². The fourth-order valence-electron chi connectivity index (χ4n) is 4.47. The van der Waals surface area contributed by atoms with Gasteiger partial charge in [0, 0.05) is 28.7 Å². The molecule has 3 aromatic carbocycles. The van der Waals surface area contributed by atoms with Crippen LogP contribution in [-0.4, -0.2) is 51.4 Å². The van der Waals surface area contributed by atoms with E-state index < -0.39 is 28.5 Å². The predicted molar refractivity (Wildman–Crippen MR) is 168 cm³/mol. The molecule has 11 heteroatoms. The molecule has 226 valence electrons. The highest BCUT2D eigenvalue weighted by Gasteiger charge is 2.35. The van der Waals surface area contributed by atoms with E-state index in [1.54, 1.807) is 61.5 Å². The van der Waals surface area contributed by atoms with Crippen LogP contribution >= 0.6 is 23.2 Å². The summed E-state index contributed by atoms with van der Waals surface area (Å²) in [7, 11) is -2.81. The lowest BCUT2D eigenvalue weighted by Gasteiger charge is -2.33. The summed E-state index contributed by atoms with van der Waals surface area (Å²) in [4.78, 5) is 28.9. The van der Waals surface area contributed by atoms with Crippen molar-refractivity contribution in [1.82, 2.24) is 10.2 Å². The van der Waals surface area contributed by atoms with Crippen molar-refractivity contribution in [2.45, 2.75) is 57.5 Å². The van der Waals surface area contributed by atoms with E-state index in [0.717, 1.165) is 22.7 Å². The summed E-state index contributed by atoms with van der Waals surface area (Å²) in [6.45, 7) is 5.42. The highest BCUT2D eigenvalue weighted by Crippen LogP contribution is 2.33. The van der Waals surface area contributed by atoms with Crippen molar-refractivity contribution < 1.29 is 22.7 Å². The first kappa shape index (κ1) is 33.2. The van der Waals surface area contributed by atoms with E-state index in [-0.39, 0.29) is 35.2 Å². The number of rotatable bonds is 14. The molecular weight excluding hydrogens is 597 g/mol. The normalized spacial score (nSPS) is 12.0. The van der Waals surface area contributed by atoms with Gasteiger partial charge in [-0.2, -0.15) is 0 Å². The number of nitrogens with zero attached hydrogens (tertiary/aromatic N) is 2. The Bertz CT molecular complexity index is 1460. The molecule has 2 amide bonds. The molecular formula is C31H37Cl2N3O5S. The summed E-state index contributed by atoms with van der Waals surface area (Å²) < 4.78 is 34.6. The van der Waals surface area contributed by atoms with E-state index in [1.807, 2.05) is 13.8 Å². The Labute approximate surface area is 258 Å². The third kappa shape index (κ3) is 7.96. The molecule has 0 fully saturated rings. The van der Waals surface area contributed by atoms with Crippen molar-refractivity contribution in [2.75, 3.05) is 24.5 Å². The molecule has 8 nitrogen and oxygen atoms in total. The number of ether oxygens (including phenoxy) is 1. The SMILES string of the molecule is CCCCNC(=O)[C@@H](CC)N(Cc1c(Cl)cccc1Cl)C(=O)CN(c1ccccc1OC)S(=O)(=O)c1ccc(C)cc1. The smallest absolute Gasteiger partial charge is 0.264 e. The van der Waals surface area contributed by atoms with Crippen molar-refractivity contribution in [3.05, 3.63) is 87.9 Å². The summed E-state index contributed by atoms with van der Waals surface area (Å²) >= 11 is 12.9. The van der Waals surface area contributed by atoms with Crippen LogP contribution in [0.15, 0.2) is 71.6 Å². The van der Waals surface area contributed by atoms with Gasteiger partial charge in [0.2, 0.25) is 11.8 Å². The molecule has 0 radical (unpaired) electrons. The third-order valence-electron chi connectivity index (χ3n) is 6.85. The Hall–Kier alpha value is -3.27. The second kappa shape index (κ2) is 15.3. The first-order valence-electron chi connectivity index (χ1n) is 13.8. The standard InChI is InChI=1S/C31H37Cl2N3O5S/c1-5-7-19-34-31(38)27(6-2)35(20-24-25(32)11-10-12-26(24)33)30(37)21-36(28-13-8-9-14-29(28)41-4)42(39,40)23-17-15-22(3)16-18-23/h8-18,27H,5-7,19-21H2,1-4H3,(H,34,38)/t27-/m1/s1. The van der Waals surface area contributed by atoms with E-state index >= 15 is 0 Å². The van der Waals surface area contributed by atoms with Gasteiger partial charge in [0.05, 0.1) is 17.7 Å². The lowest BCUT2D eigenvalue weighted by Crippen LogP contribution is -2.52. The van der Waals surface area contributed by atoms with Crippen LogP contribution in [0.2, 0.25) is 10.0 Å². The second-order valence-electron chi connectivity index (χ2n) is 9.79. The van der Waals surface area contributed by atoms with Crippen molar-refractivity contribution in [3.63, 3.8) is 0 Å². The fourth-order valence-corrected chi connectivity index (χ4v) is 6.41. The molecule has 3 aromatic rings. The number of sulfonamides is 1. The number of unbranched alkanes of at least 4 members (excludes halogenated alkanes) is 1. The maximum atomic E-state index is 14.2. The van der Waals surface area contributed by atoms with Crippen molar-refractivity contribution in [3.8, 4) is 5.75 Å². The maximum Gasteiger partial charge on any atom is 0.264 e.